The fraction of sp³-hybridized carbons (Fsp3) is 0.854. The van der Waals surface area contributed by atoms with Gasteiger partial charge in [0.2, 0.25) is 0 Å². The minimum absolute atomic E-state index is 0. The maximum absolute atomic E-state index is 12.3. The Kier molecular flexibility index (Phi) is 15.1. The normalized spacial score (nSPS) is 54.1. The van der Waals surface area contributed by atoms with Crippen LogP contribution in [0.15, 0.2) is 24.3 Å². The molecule has 0 aliphatic carbocycles. The molecule has 10 rings (SSSR count). The van der Waals surface area contributed by atoms with E-state index < -0.39 is 17.3 Å². The maximum atomic E-state index is 12.3. The largest absolute Gasteiger partial charge is 0.459 e. The Hall–Kier alpha value is -0.346. The predicted molar refractivity (Wildman–Crippen MR) is 221 cm³/mol. The van der Waals surface area contributed by atoms with Crippen LogP contribution in [-0.2, 0) is 84.9 Å². The molecule has 0 aromatic rings. The first-order chi connectivity index (χ1) is 28.9. The van der Waals surface area contributed by atoms with Crippen LogP contribution in [0.5, 0.6) is 0 Å². The Balaban J connectivity index is 0.00000169. The van der Waals surface area contributed by atoms with Crippen LogP contribution in [0.2, 0.25) is 0 Å². The molecule has 22 atom stereocenters. The SMILES string of the molecule is [CH2-]C.[CH2-][C@@H]1C[C@H](O)[C@@H]2O[C@@H]3C[C@]4(C)O[C@@H]5/C=C\C[C@@H]6O[C@H]7C(C/C=C\CC6OC5CCCC4OC3CC2O1)OC1CC2OC3CC(=O)O[C@H]3C[C@@H](C)C[C@@]2(C)O[C@H]1C[C@@H]7C.[Y]. The Morgan fingerprint density at radius 3 is 2.13 bits per heavy atom. The van der Waals surface area contributed by atoms with Crippen molar-refractivity contribution in [2.24, 2.45) is 11.8 Å². The van der Waals surface area contributed by atoms with E-state index in [2.05, 4.69) is 65.8 Å². The number of hydrogen-bond donors (Lipinski definition) is 1. The van der Waals surface area contributed by atoms with Crippen molar-refractivity contribution in [1.29, 1.82) is 0 Å². The average Bonchev–Trinajstić information content (AvgIpc) is 3.50. The van der Waals surface area contributed by atoms with Crippen LogP contribution < -0.4 is 0 Å². The summed E-state index contributed by atoms with van der Waals surface area (Å²) in [6, 6.07) is 0. The molecule has 1 N–H and O–H groups in total. The molecule has 341 valence electrons. The third-order valence-corrected chi connectivity index (χ3v) is 15.5. The first-order valence-corrected chi connectivity index (χ1v) is 23.6. The van der Waals surface area contributed by atoms with Gasteiger partial charge in [0.05, 0.1) is 97.0 Å². The van der Waals surface area contributed by atoms with Crippen molar-refractivity contribution in [1.82, 2.24) is 0 Å². The van der Waals surface area contributed by atoms with Crippen LogP contribution >= 0.6 is 0 Å². The summed E-state index contributed by atoms with van der Waals surface area (Å²) in [5.41, 5.74) is -1.05. The number of aliphatic hydroxyl groups excluding tert-OH is 1. The molecule has 8 fully saturated rings. The molecule has 0 spiro atoms. The summed E-state index contributed by atoms with van der Waals surface area (Å²) in [5, 5.41) is 10.9. The Labute approximate surface area is 389 Å². The van der Waals surface area contributed by atoms with Crippen molar-refractivity contribution in [2.75, 3.05) is 0 Å². The number of carbonyl (C=O) groups is 1. The van der Waals surface area contributed by atoms with Crippen LogP contribution in [0.3, 0.4) is 0 Å². The molecule has 0 aromatic carbocycles. The topological polar surface area (TPSA) is 130 Å². The van der Waals surface area contributed by atoms with Crippen LogP contribution in [-0.4, -0.2) is 132 Å². The number of fused-ring (bicyclic) bond motifs is 9. The summed E-state index contributed by atoms with van der Waals surface area (Å²) in [4.78, 5) is 12.3. The van der Waals surface area contributed by atoms with Crippen LogP contribution in [0, 0.1) is 25.7 Å². The summed E-state index contributed by atoms with van der Waals surface area (Å²) in [7, 11) is 0. The maximum Gasteiger partial charge on any atom is 0.308 e. The van der Waals surface area contributed by atoms with Gasteiger partial charge in [-0.25, -0.2) is 0 Å². The molecule has 9 unspecified atom stereocenters. The van der Waals surface area contributed by atoms with Gasteiger partial charge in [-0.15, -0.1) is 0 Å². The zero-order valence-corrected chi connectivity index (χ0v) is 40.0. The molecule has 12 nitrogen and oxygen atoms in total. The summed E-state index contributed by atoms with van der Waals surface area (Å²) >= 11 is 0. The van der Waals surface area contributed by atoms with Gasteiger partial charge in [-0.3, -0.25) is 4.79 Å². The minimum Gasteiger partial charge on any atom is -0.459 e. The number of carbonyl (C=O) groups excluding carboxylic acids is 1. The zero-order chi connectivity index (χ0) is 41.9. The molecule has 61 heavy (non-hydrogen) atoms. The number of aliphatic hydroxyl groups is 1. The van der Waals surface area contributed by atoms with Crippen molar-refractivity contribution in [3.8, 4) is 0 Å². The van der Waals surface area contributed by atoms with E-state index in [4.69, 9.17) is 47.4 Å². The third kappa shape index (κ3) is 9.74. The van der Waals surface area contributed by atoms with Gasteiger partial charge in [0.15, 0.2) is 0 Å². The molecule has 10 aliphatic heterocycles. The van der Waals surface area contributed by atoms with Crippen LogP contribution in [0.1, 0.15) is 125 Å². The van der Waals surface area contributed by atoms with E-state index in [0.717, 1.165) is 57.8 Å². The van der Waals surface area contributed by atoms with E-state index in [-0.39, 0.29) is 148 Å². The van der Waals surface area contributed by atoms with Crippen molar-refractivity contribution in [2.45, 2.75) is 246 Å². The fourth-order valence-electron chi connectivity index (χ4n) is 12.7. The van der Waals surface area contributed by atoms with Gasteiger partial charge in [0, 0.05) is 52.0 Å². The second-order valence-electron chi connectivity index (χ2n) is 20.2. The number of rotatable bonds is 0. The molecule has 10 heterocycles. The van der Waals surface area contributed by atoms with Crippen molar-refractivity contribution >= 4 is 5.97 Å². The molecule has 0 aromatic heterocycles. The van der Waals surface area contributed by atoms with E-state index in [9.17, 15) is 9.90 Å². The summed E-state index contributed by atoms with van der Waals surface area (Å²) in [5.74, 6) is 0.367. The van der Waals surface area contributed by atoms with Crippen molar-refractivity contribution < 1.29 is 90.0 Å². The smallest absolute Gasteiger partial charge is 0.308 e. The molecular formula is C48H72O12Y-2. The van der Waals surface area contributed by atoms with Crippen LogP contribution in [0.25, 0.3) is 0 Å². The average molecular weight is 930 g/mol. The Bertz CT molecular complexity index is 1560. The van der Waals surface area contributed by atoms with E-state index in [1.807, 2.05) is 0 Å². The Morgan fingerprint density at radius 2 is 1.31 bits per heavy atom. The van der Waals surface area contributed by atoms with Crippen molar-refractivity contribution in [3.63, 3.8) is 0 Å². The van der Waals surface area contributed by atoms with Gasteiger partial charge >= 0.3 is 5.97 Å². The van der Waals surface area contributed by atoms with Gasteiger partial charge in [-0.2, -0.15) is 6.92 Å². The molecule has 10 aliphatic rings. The quantitative estimate of drug-likeness (QED) is 0.162. The fourth-order valence-corrected chi connectivity index (χ4v) is 12.7. The number of hydrogen-bond acceptors (Lipinski definition) is 12. The van der Waals surface area contributed by atoms with Gasteiger partial charge in [-0.05, 0) is 89.9 Å². The molecule has 0 bridgehead atoms. The molecule has 8 saturated heterocycles. The molecule has 0 amide bonds. The first kappa shape index (κ1) is 47.2. The first-order valence-electron chi connectivity index (χ1n) is 23.6. The number of esters is 1. The van der Waals surface area contributed by atoms with E-state index in [1.54, 1.807) is 6.92 Å². The summed E-state index contributed by atoms with van der Waals surface area (Å²) < 4.78 is 67.7. The third-order valence-electron chi connectivity index (χ3n) is 15.5. The standard InChI is InChI=1S/C46H67O12.C2H5.Y/c1-24-16-33-36(21-42(48)54-33)53-41-20-35-37(58-45(41,4)22-24)17-25(2)43-32(51-35)11-7-6-10-28-29(55-43)12-8-14-31-30(50-28)13-9-15-40-46(5,57-31)23-39-34(52-40)19-38-44(56-39)27(47)18-26(3)49-38;1-2;/h6-8,14,24-41,43-44,47H,3,9-13,15-23H2,1-2,4-5H3;1H2,2H3;/q2*-1;/b7-6-,14-8-;;/t24-,25+,26-,27+,28?,29+,30?,31-,32?,33+,34?,35?,36?,37+,38?,39-,40?,41?,43-,44+,45-,46+;;/m1../s1. The molecular weight excluding hydrogens is 857 g/mol. The summed E-state index contributed by atoms with van der Waals surface area (Å²) in [6.45, 7) is 18.0. The zero-order valence-electron chi connectivity index (χ0n) is 37.2. The van der Waals surface area contributed by atoms with E-state index in [1.165, 1.54) is 0 Å². The minimum atomic E-state index is -0.597. The summed E-state index contributed by atoms with van der Waals surface area (Å²) in [6.07, 6.45) is 15.7. The number of ether oxygens (including phenoxy) is 10. The van der Waals surface area contributed by atoms with E-state index in [0.29, 0.717) is 38.0 Å². The van der Waals surface area contributed by atoms with Gasteiger partial charge < -0.3 is 66.3 Å². The van der Waals surface area contributed by atoms with Gasteiger partial charge in [0.1, 0.15) is 24.4 Å². The second kappa shape index (κ2) is 19.5. The predicted octanol–water partition coefficient (Wildman–Crippen LogP) is 6.48. The second-order valence-corrected chi connectivity index (χ2v) is 20.2. The Morgan fingerprint density at radius 1 is 0.623 bits per heavy atom. The van der Waals surface area contributed by atoms with Gasteiger partial charge in [0.25, 0.3) is 0 Å². The van der Waals surface area contributed by atoms with Crippen molar-refractivity contribution in [3.05, 3.63) is 38.2 Å². The molecule has 0 saturated carbocycles. The molecule has 13 heteroatoms. The monoisotopic (exact) mass is 929 g/mol. The van der Waals surface area contributed by atoms with Crippen LogP contribution in [0.4, 0.5) is 0 Å². The van der Waals surface area contributed by atoms with Gasteiger partial charge in [-0.1, -0.05) is 44.3 Å². The molecule has 1 radical (unpaired) electrons. The van der Waals surface area contributed by atoms with E-state index >= 15 is 0 Å².